The molecule has 2 aromatic rings. The van der Waals surface area contributed by atoms with Crippen molar-refractivity contribution in [1.29, 1.82) is 0 Å². The fourth-order valence-corrected chi connectivity index (χ4v) is 5.81. The van der Waals surface area contributed by atoms with E-state index in [9.17, 15) is 19.9 Å². The number of carbonyl (C=O) groups excluding carboxylic acids is 2. The van der Waals surface area contributed by atoms with Crippen molar-refractivity contribution < 1.29 is 57.2 Å². The third-order valence-electron chi connectivity index (χ3n) is 7.96. The average molecular weight is 604 g/mol. The number of hydrogen-bond acceptors (Lipinski definition) is 12. The van der Waals surface area contributed by atoms with Gasteiger partial charge in [-0.05, 0) is 35.9 Å². The lowest BCUT2D eigenvalue weighted by Crippen LogP contribution is -2.57. The molecule has 2 aliphatic heterocycles. The van der Waals surface area contributed by atoms with Crippen molar-refractivity contribution in [3.8, 4) is 34.5 Å². The Bertz CT molecular complexity index is 1320. The largest absolute Gasteiger partial charge is 0.632 e. The van der Waals surface area contributed by atoms with E-state index in [1.165, 1.54) is 74.0 Å². The Hall–Kier alpha value is -4.20. The maximum atomic E-state index is 13.5. The van der Waals surface area contributed by atoms with E-state index in [-0.39, 0.29) is 29.9 Å². The Morgan fingerprint density at radius 2 is 1.28 bits per heavy atom. The van der Waals surface area contributed by atoms with Gasteiger partial charge in [0.05, 0.1) is 55.3 Å². The summed E-state index contributed by atoms with van der Waals surface area (Å²) in [5, 5.41) is 24.5. The minimum atomic E-state index is -1.25. The molecular weight excluding hydrogens is 566 g/mol. The summed E-state index contributed by atoms with van der Waals surface area (Å²) in [6.07, 6.45) is -0.206. The molecule has 43 heavy (non-hydrogen) atoms. The summed E-state index contributed by atoms with van der Waals surface area (Å²) in [5.74, 6) is 0.676. The maximum absolute atomic E-state index is 13.5. The van der Waals surface area contributed by atoms with Gasteiger partial charge in [0.2, 0.25) is 11.5 Å². The Labute approximate surface area is 249 Å². The quantitative estimate of drug-likeness (QED) is 0.174. The highest BCUT2D eigenvalue weighted by Gasteiger charge is 2.61. The van der Waals surface area contributed by atoms with Crippen molar-refractivity contribution in [2.75, 3.05) is 49.7 Å². The van der Waals surface area contributed by atoms with Gasteiger partial charge in [0.15, 0.2) is 29.1 Å². The lowest BCUT2D eigenvalue weighted by molar-refractivity contribution is -0.906. The average Bonchev–Trinajstić information content (AvgIpc) is 3.09. The van der Waals surface area contributed by atoms with Crippen LogP contribution in [0.15, 0.2) is 30.3 Å². The van der Waals surface area contributed by atoms with Gasteiger partial charge in [-0.15, -0.1) is 0 Å². The highest BCUT2D eigenvalue weighted by molar-refractivity contribution is 5.91. The molecule has 6 atom stereocenters. The number of carbonyl (C=O) groups is 2. The molecule has 0 amide bonds. The van der Waals surface area contributed by atoms with Crippen LogP contribution in [0.4, 0.5) is 0 Å². The molecule has 2 aliphatic rings. The second-order valence-corrected chi connectivity index (χ2v) is 10.3. The molecule has 234 valence electrons. The molecule has 0 aliphatic carbocycles. The second-order valence-electron chi connectivity index (χ2n) is 10.3. The van der Waals surface area contributed by atoms with E-state index in [2.05, 4.69) is 0 Å². The van der Waals surface area contributed by atoms with Crippen LogP contribution in [0.3, 0.4) is 0 Å². The molecule has 13 heteroatoms. The molecular formula is C30H37NO12. The van der Waals surface area contributed by atoms with Crippen LogP contribution in [0.2, 0.25) is 0 Å². The number of aliphatic hydroxyl groups excluding tert-OH is 1. The van der Waals surface area contributed by atoms with Crippen molar-refractivity contribution in [2.45, 2.75) is 43.2 Å². The first kappa shape index (κ1) is 31.7. The molecule has 2 bridgehead atoms. The second kappa shape index (κ2) is 13.0. The van der Waals surface area contributed by atoms with Crippen LogP contribution in [-0.4, -0.2) is 102 Å². The van der Waals surface area contributed by atoms with E-state index in [1.54, 1.807) is 12.1 Å². The molecule has 2 aromatic carbocycles. The number of nitrogens with zero attached hydrogens (tertiary/aromatic N) is 1. The number of rotatable bonds is 11. The fraction of sp³-hybridized carbons (Fsp3) is 0.467. The summed E-state index contributed by atoms with van der Waals surface area (Å²) in [4.78, 5) is 25.9. The highest BCUT2D eigenvalue weighted by Crippen LogP contribution is 2.44. The molecule has 2 heterocycles. The lowest BCUT2D eigenvalue weighted by Gasteiger charge is -2.49. The van der Waals surface area contributed by atoms with Gasteiger partial charge in [-0.25, -0.2) is 9.59 Å². The Kier molecular flexibility index (Phi) is 9.58. The smallest absolute Gasteiger partial charge is 0.338 e. The van der Waals surface area contributed by atoms with Gasteiger partial charge >= 0.3 is 11.9 Å². The molecule has 4 rings (SSSR count). The minimum absolute atomic E-state index is 0.0816. The summed E-state index contributed by atoms with van der Waals surface area (Å²) in [6.45, 7) is 0. The number of piperidine rings is 1. The van der Waals surface area contributed by atoms with Crippen molar-refractivity contribution in [2.24, 2.45) is 0 Å². The van der Waals surface area contributed by atoms with Gasteiger partial charge in [-0.2, -0.15) is 0 Å². The number of hydrogen-bond donors (Lipinski definition) is 1. The van der Waals surface area contributed by atoms with Crippen LogP contribution in [0.1, 0.15) is 28.8 Å². The standard InChI is InChI=1S/C30H37NO12/c1-31(35)19-14-18(42-30(34)17-12-23(38-4)29(41-7)24(13-17)39-5)15-20(31)27(26(19)33)43-25(32)9-8-16-10-21(36-2)28(40-6)22(11-16)37-3/h8-13,18-20,26-27,33H,14-15H2,1-7H3/t18-,19-,20+,26-,27+,31?/m0/s1. The topological polar surface area (TPSA) is 151 Å². The monoisotopic (exact) mass is 603 g/mol. The van der Waals surface area contributed by atoms with Crippen LogP contribution in [0, 0.1) is 5.21 Å². The molecule has 1 unspecified atom stereocenters. The number of hydroxylamine groups is 3. The molecule has 1 N–H and O–H groups in total. The predicted molar refractivity (Wildman–Crippen MR) is 153 cm³/mol. The molecule has 0 saturated carbocycles. The first-order valence-corrected chi connectivity index (χ1v) is 13.5. The molecule has 0 aromatic heterocycles. The van der Waals surface area contributed by atoms with E-state index < -0.39 is 47.0 Å². The molecule has 0 spiro atoms. The zero-order valence-corrected chi connectivity index (χ0v) is 25.2. The molecule has 2 fully saturated rings. The van der Waals surface area contributed by atoms with Gasteiger partial charge in [0, 0.05) is 18.9 Å². The number of likely N-dealkylation sites (N-methyl/N-ethyl adjacent to an activating group) is 1. The summed E-state index contributed by atoms with van der Waals surface area (Å²) in [6, 6.07) is 4.52. The highest BCUT2D eigenvalue weighted by atomic mass is 16.6. The Morgan fingerprint density at radius 3 is 1.77 bits per heavy atom. The number of methoxy groups -OCH3 is 6. The van der Waals surface area contributed by atoms with Crippen LogP contribution < -0.4 is 28.4 Å². The van der Waals surface area contributed by atoms with E-state index in [1.807, 2.05) is 0 Å². The normalized spacial score (nSPS) is 26.0. The zero-order chi connectivity index (χ0) is 31.5. The van der Waals surface area contributed by atoms with Gasteiger partial charge in [0.25, 0.3) is 0 Å². The number of benzene rings is 2. The number of aliphatic hydroxyl groups is 1. The van der Waals surface area contributed by atoms with E-state index >= 15 is 0 Å². The summed E-state index contributed by atoms with van der Waals surface area (Å²) in [5.41, 5.74) is 0.729. The van der Waals surface area contributed by atoms with Crippen LogP contribution in [0.25, 0.3) is 6.08 Å². The van der Waals surface area contributed by atoms with E-state index in [4.69, 9.17) is 37.9 Å². The van der Waals surface area contributed by atoms with Crippen molar-refractivity contribution in [3.05, 3.63) is 46.7 Å². The number of ether oxygens (including phenoxy) is 8. The van der Waals surface area contributed by atoms with Crippen LogP contribution in [-0.2, 0) is 14.3 Å². The fourth-order valence-electron chi connectivity index (χ4n) is 5.81. The predicted octanol–water partition coefficient (Wildman–Crippen LogP) is 2.74. The van der Waals surface area contributed by atoms with Gasteiger partial charge in [-0.1, -0.05) is 0 Å². The van der Waals surface area contributed by atoms with Crippen molar-refractivity contribution in [1.82, 2.24) is 0 Å². The van der Waals surface area contributed by atoms with E-state index in [0.29, 0.717) is 28.6 Å². The summed E-state index contributed by atoms with van der Waals surface area (Å²) < 4.78 is 42.5. The van der Waals surface area contributed by atoms with Crippen LogP contribution >= 0.6 is 0 Å². The number of fused-ring (bicyclic) bond motifs is 2. The van der Waals surface area contributed by atoms with E-state index in [0.717, 1.165) is 0 Å². The maximum Gasteiger partial charge on any atom is 0.338 e. The zero-order valence-electron chi connectivity index (χ0n) is 25.2. The Balaban J connectivity index is 1.48. The third-order valence-corrected chi connectivity index (χ3v) is 7.96. The van der Waals surface area contributed by atoms with Crippen LogP contribution in [0.5, 0.6) is 34.5 Å². The minimum Gasteiger partial charge on any atom is -0.632 e. The Morgan fingerprint density at radius 1 is 0.791 bits per heavy atom. The molecule has 0 radical (unpaired) electrons. The van der Waals surface area contributed by atoms with Crippen molar-refractivity contribution >= 4 is 18.0 Å². The van der Waals surface area contributed by atoms with Crippen molar-refractivity contribution in [3.63, 3.8) is 0 Å². The third kappa shape index (κ3) is 6.14. The summed E-state index contributed by atoms with van der Waals surface area (Å²) >= 11 is 0. The van der Waals surface area contributed by atoms with Gasteiger partial charge in [0.1, 0.15) is 24.3 Å². The van der Waals surface area contributed by atoms with Gasteiger partial charge < -0.3 is 52.9 Å². The first-order chi connectivity index (χ1) is 20.5. The lowest BCUT2D eigenvalue weighted by atomic mass is 9.99. The molecule has 13 nitrogen and oxygen atoms in total. The number of esters is 2. The van der Waals surface area contributed by atoms with Gasteiger partial charge in [-0.3, -0.25) is 0 Å². The molecule has 2 saturated heterocycles. The SMILES string of the molecule is COc1cc(C=CC(=O)O[C@H]2[C@@H](O)[C@@H]3C[C@H](OC(=O)c4cc(OC)c(OC)c(OC)c4)C[C@H]2[N+]3(C)[O-])cc(OC)c1OC. The number of quaternary nitrogens is 1. The summed E-state index contributed by atoms with van der Waals surface area (Å²) in [7, 11) is 10.2. The first-order valence-electron chi connectivity index (χ1n) is 13.5.